The minimum absolute atomic E-state index is 0.0185. The molecule has 0 radical (unpaired) electrons. The van der Waals surface area contributed by atoms with Gasteiger partial charge in [-0.15, -0.1) is 0 Å². The van der Waals surface area contributed by atoms with Crippen LogP contribution in [0.25, 0.3) is 0 Å². The average molecular weight is 375 g/mol. The number of hydrogen-bond acceptors (Lipinski definition) is 3. The smallest absolute Gasteiger partial charge is 0.157 e. The van der Waals surface area contributed by atoms with Crippen molar-refractivity contribution in [1.29, 1.82) is 0 Å². The Morgan fingerprint density at radius 2 is 1.12 bits per heavy atom. The second-order valence-electron chi connectivity index (χ2n) is 7.06. The van der Waals surface area contributed by atoms with Crippen molar-refractivity contribution in [1.82, 2.24) is 0 Å². The van der Waals surface area contributed by atoms with E-state index in [1.165, 1.54) is 57.8 Å². The molecule has 0 heterocycles. The maximum atomic E-state index is 10.4. The van der Waals surface area contributed by atoms with E-state index in [0.717, 1.165) is 57.9 Å². The molecule has 0 aromatic rings. The van der Waals surface area contributed by atoms with Crippen molar-refractivity contribution in [3.8, 4) is 0 Å². The lowest BCUT2D eigenvalue weighted by Gasteiger charge is -2.19. The zero-order valence-corrected chi connectivity index (χ0v) is 17.9. The highest BCUT2D eigenvalue weighted by Crippen LogP contribution is 2.13. The van der Waals surface area contributed by atoms with Gasteiger partial charge in [-0.3, -0.25) is 4.57 Å². The van der Waals surface area contributed by atoms with E-state index >= 15 is 0 Å². The van der Waals surface area contributed by atoms with Crippen LogP contribution in [0.5, 0.6) is 0 Å². The molecule has 0 bridgehead atoms. The minimum atomic E-state index is -0.0185. The second kappa shape index (κ2) is 22.1. The van der Waals surface area contributed by atoms with Gasteiger partial charge in [0.1, 0.15) is 0 Å². The fourth-order valence-corrected chi connectivity index (χ4v) is 3.25. The molecule has 0 aliphatic carbocycles. The highest BCUT2D eigenvalue weighted by atomic mass is 31.1. The molecule has 0 aromatic heterocycles. The maximum Gasteiger partial charge on any atom is 0.157 e. The Hall–Kier alpha value is 0.0200. The van der Waals surface area contributed by atoms with Crippen LogP contribution in [0.1, 0.15) is 110 Å². The summed E-state index contributed by atoms with van der Waals surface area (Å²) < 4.78 is 22.4. The van der Waals surface area contributed by atoms with Crippen molar-refractivity contribution in [2.75, 3.05) is 19.4 Å². The predicted molar refractivity (Wildman–Crippen MR) is 109 cm³/mol. The molecule has 4 heteroatoms. The zero-order chi connectivity index (χ0) is 18.4. The van der Waals surface area contributed by atoms with Gasteiger partial charge in [0.25, 0.3) is 0 Å². The molecule has 0 saturated carbocycles. The molecule has 0 unspecified atom stereocenters. The van der Waals surface area contributed by atoms with Crippen LogP contribution >= 0.6 is 8.46 Å². The number of ether oxygens (including phenoxy) is 2. The fourth-order valence-electron chi connectivity index (χ4n) is 2.90. The van der Waals surface area contributed by atoms with Crippen molar-refractivity contribution in [2.24, 2.45) is 0 Å². The van der Waals surface area contributed by atoms with Gasteiger partial charge in [-0.1, -0.05) is 78.1 Å². The first kappa shape index (κ1) is 25.0. The van der Waals surface area contributed by atoms with Gasteiger partial charge in [0.05, 0.1) is 0 Å². The van der Waals surface area contributed by atoms with Crippen LogP contribution in [-0.2, 0) is 14.0 Å². The summed E-state index contributed by atoms with van der Waals surface area (Å²) in [5, 5.41) is 0. The van der Waals surface area contributed by atoms with E-state index in [-0.39, 0.29) is 14.8 Å². The molecule has 0 spiro atoms. The Kier molecular flexibility index (Phi) is 22.1. The topological polar surface area (TPSA) is 35.5 Å². The summed E-state index contributed by atoms with van der Waals surface area (Å²) in [4.78, 5) is 0. The summed E-state index contributed by atoms with van der Waals surface area (Å²) >= 11 is 0. The molecule has 0 aliphatic rings. The zero-order valence-electron chi connectivity index (χ0n) is 17.0. The van der Waals surface area contributed by atoms with Crippen LogP contribution in [0.4, 0.5) is 0 Å². The van der Waals surface area contributed by atoms with Gasteiger partial charge in [0.15, 0.2) is 14.8 Å². The average Bonchev–Trinajstić information content (AvgIpc) is 2.63. The Morgan fingerprint density at radius 3 is 1.64 bits per heavy atom. The lowest BCUT2D eigenvalue weighted by atomic mass is 10.1. The van der Waals surface area contributed by atoms with Gasteiger partial charge < -0.3 is 9.47 Å². The second-order valence-corrected chi connectivity index (χ2v) is 7.76. The normalized spacial score (nSPS) is 11.6. The van der Waals surface area contributed by atoms with E-state index in [4.69, 9.17) is 9.47 Å². The first-order chi connectivity index (χ1) is 12.3. The summed E-state index contributed by atoms with van der Waals surface area (Å²) in [5.41, 5.74) is 0. The third kappa shape index (κ3) is 20.2. The molecule has 0 atom stereocenters. The van der Waals surface area contributed by atoms with Crippen LogP contribution in [0.15, 0.2) is 0 Å². The van der Waals surface area contributed by atoms with Crippen molar-refractivity contribution < 1.29 is 14.0 Å². The molecule has 25 heavy (non-hydrogen) atoms. The van der Waals surface area contributed by atoms with Crippen LogP contribution in [0.3, 0.4) is 0 Å². The summed E-state index contributed by atoms with van der Waals surface area (Å²) in [7, 11) is 0.284. The summed E-state index contributed by atoms with van der Waals surface area (Å²) in [6.07, 6.45) is 19.1. The number of unbranched alkanes of at least 4 members (excludes halogenated alkanes) is 11. The van der Waals surface area contributed by atoms with Gasteiger partial charge in [-0.2, -0.15) is 0 Å². The van der Waals surface area contributed by atoms with Crippen molar-refractivity contribution >= 4 is 8.46 Å². The van der Waals surface area contributed by atoms with Gasteiger partial charge in [0.2, 0.25) is 0 Å². The highest BCUT2D eigenvalue weighted by Gasteiger charge is 2.09. The summed E-state index contributed by atoms with van der Waals surface area (Å²) in [5.74, 6) is 0. The van der Waals surface area contributed by atoms with E-state index in [1.807, 2.05) is 0 Å². The van der Waals surface area contributed by atoms with Gasteiger partial charge in [-0.25, -0.2) is 0 Å². The lowest BCUT2D eigenvalue weighted by Crippen LogP contribution is -2.19. The third-order valence-electron chi connectivity index (χ3n) is 4.54. The molecule has 0 amide bonds. The molecular weight excluding hydrogens is 331 g/mol. The van der Waals surface area contributed by atoms with E-state index in [1.54, 1.807) is 0 Å². The minimum Gasteiger partial charge on any atom is -0.353 e. The Morgan fingerprint density at radius 1 is 0.640 bits per heavy atom. The van der Waals surface area contributed by atoms with E-state index in [0.29, 0.717) is 0 Å². The summed E-state index contributed by atoms with van der Waals surface area (Å²) in [6, 6.07) is 0. The van der Waals surface area contributed by atoms with Crippen LogP contribution in [0.2, 0.25) is 0 Å². The first-order valence-corrected chi connectivity index (χ1v) is 11.9. The van der Waals surface area contributed by atoms with Crippen LogP contribution < -0.4 is 0 Å². The Balaban J connectivity index is 3.78. The monoisotopic (exact) mass is 374 g/mol. The highest BCUT2D eigenvalue weighted by molar-refractivity contribution is 7.23. The molecule has 3 nitrogen and oxygen atoms in total. The maximum absolute atomic E-state index is 10.4. The number of rotatable bonds is 21. The molecule has 150 valence electrons. The third-order valence-corrected chi connectivity index (χ3v) is 5.04. The van der Waals surface area contributed by atoms with Gasteiger partial charge in [-0.05, 0) is 32.1 Å². The Bertz CT molecular complexity index is 246. The number of hydrogen-bond donors (Lipinski definition) is 0. The predicted octanol–water partition coefficient (Wildman–Crippen LogP) is 7.53. The Labute approximate surface area is 158 Å². The summed E-state index contributed by atoms with van der Waals surface area (Å²) in [6.45, 7) is 6.16. The SMILES string of the molecule is CCCCCCCOC(CCCCCCP=O)OCCCCCCC. The molecule has 0 saturated heterocycles. The van der Waals surface area contributed by atoms with Crippen molar-refractivity contribution in [3.05, 3.63) is 0 Å². The quantitative estimate of drug-likeness (QED) is 0.118. The van der Waals surface area contributed by atoms with Crippen molar-refractivity contribution in [3.63, 3.8) is 0 Å². The lowest BCUT2D eigenvalue weighted by molar-refractivity contribution is -0.148. The van der Waals surface area contributed by atoms with E-state index in [2.05, 4.69) is 13.8 Å². The molecule has 0 N–H and O–H groups in total. The fraction of sp³-hybridized carbons (Fsp3) is 1.00. The molecule has 0 fully saturated rings. The van der Waals surface area contributed by atoms with Crippen molar-refractivity contribution in [2.45, 2.75) is 116 Å². The van der Waals surface area contributed by atoms with E-state index < -0.39 is 0 Å². The van der Waals surface area contributed by atoms with Gasteiger partial charge >= 0.3 is 0 Å². The molecule has 0 rings (SSSR count). The van der Waals surface area contributed by atoms with Crippen LogP contribution in [0, 0.1) is 0 Å². The van der Waals surface area contributed by atoms with Crippen LogP contribution in [-0.4, -0.2) is 25.7 Å². The van der Waals surface area contributed by atoms with E-state index in [9.17, 15) is 4.57 Å². The largest absolute Gasteiger partial charge is 0.353 e. The molecular formula is C21H43O3P. The molecule has 0 aromatic carbocycles. The molecule has 0 aliphatic heterocycles. The first-order valence-electron chi connectivity index (χ1n) is 10.9. The van der Waals surface area contributed by atoms with Gasteiger partial charge in [0, 0.05) is 19.4 Å². The standard InChI is InChI=1S/C21H43O3P/c1-3-5-7-10-14-18-23-21(17-13-9-12-16-20-25-22)24-19-15-11-8-6-4-2/h21H,3-20H2,1-2H3.